The zero-order valence-electron chi connectivity index (χ0n) is 10.8. The van der Waals surface area contributed by atoms with Crippen LogP contribution in [0.5, 0.6) is 5.75 Å². The molecule has 0 spiro atoms. The highest BCUT2D eigenvalue weighted by Gasteiger charge is 2.17. The van der Waals surface area contributed by atoms with Crippen LogP contribution in [-0.2, 0) is 13.2 Å². The van der Waals surface area contributed by atoms with Crippen molar-refractivity contribution in [1.29, 1.82) is 0 Å². The van der Waals surface area contributed by atoms with Gasteiger partial charge in [0.25, 0.3) is 0 Å². The van der Waals surface area contributed by atoms with Gasteiger partial charge in [-0.3, -0.25) is 4.98 Å². The number of thiazole rings is 1. The summed E-state index contributed by atoms with van der Waals surface area (Å²) in [4.78, 5) is 5.42. The second-order valence-electron chi connectivity index (χ2n) is 4.35. The van der Waals surface area contributed by atoms with E-state index in [0.717, 1.165) is 5.56 Å². The number of aromatic hydroxyl groups is 1. The van der Waals surface area contributed by atoms with Crippen LogP contribution in [-0.4, -0.2) is 15.2 Å². The average molecular weight is 265 g/mol. The molecule has 0 aromatic carbocycles. The molecule has 0 unspecified atom stereocenters. The van der Waals surface area contributed by atoms with Crippen molar-refractivity contribution in [2.24, 2.45) is 0 Å². The quantitative estimate of drug-likeness (QED) is 0.829. The van der Waals surface area contributed by atoms with E-state index in [1.165, 1.54) is 10.6 Å². The third-order valence-electron chi connectivity index (χ3n) is 3.23. The summed E-state index contributed by atoms with van der Waals surface area (Å²) in [7, 11) is 0. The molecule has 18 heavy (non-hydrogen) atoms. The lowest BCUT2D eigenvalue weighted by Gasteiger charge is -2.08. The fraction of sp³-hybridized carbons (Fsp3) is 0.385. The zero-order valence-corrected chi connectivity index (χ0v) is 11.6. The molecule has 0 aliphatic carbocycles. The predicted octanol–water partition coefficient (Wildman–Crippen LogP) is 1.60. The molecule has 96 valence electrons. The molecule has 0 amide bonds. The summed E-state index contributed by atoms with van der Waals surface area (Å²) in [6.45, 7) is 6.31. The van der Waals surface area contributed by atoms with Gasteiger partial charge in [-0.05, 0) is 13.8 Å². The molecule has 0 radical (unpaired) electrons. The van der Waals surface area contributed by atoms with Gasteiger partial charge in [0.1, 0.15) is 5.75 Å². The smallest absolute Gasteiger partial charge is 0.225 e. The SMILES string of the molecule is Cc1ncc(C[n+]2csc(C)c2C)c(CO)c1O. The molecule has 4 nitrogen and oxygen atoms in total. The Balaban J connectivity index is 2.41. The first kappa shape index (κ1) is 13.0. The van der Waals surface area contributed by atoms with E-state index in [-0.39, 0.29) is 12.4 Å². The largest absolute Gasteiger partial charge is 0.506 e. The average Bonchev–Trinajstić information content (AvgIpc) is 2.66. The maximum absolute atomic E-state index is 9.90. The molecule has 0 saturated heterocycles. The van der Waals surface area contributed by atoms with Crippen molar-refractivity contribution in [3.8, 4) is 5.75 Å². The number of aryl methyl sites for hydroxylation is 2. The van der Waals surface area contributed by atoms with Crippen LogP contribution in [0.4, 0.5) is 0 Å². The van der Waals surface area contributed by atoms with Crippen molar-refractivity contribution in [3.63, 3.8) is 0 Å². The first-order valence-corrected chi connectivity index (χ1v) is 6.63. The molecule has 2 aromatic heterocycles. The Morgan fingerprint density at radius 1 is 1.33 bits per heavy atom. The summed E-state index contributed by atoms with van der Waals surface area (Å²) in [5, 5.41) is 19.3. The van der Waals surface area contributed by atoms with Crippen LogP contribution >= 0.6 is 11.3 Å². The molecule has 0 saturated carbocycles. The first-order valence-electron chi connectivity index (χ1n) is 5.76. The summed E-state index contributed by atoms with van der Waals surface area (Å²) >= 11 is 1.69. The minimum Gasteiger partial charge on any atom is -0.506 e. The Morgan fingerprint density at radius 3 is 2.61 bits per heavy atom. The minimum absolute atomic E-state index is 0.0974. The Morgan fingerprint density at radius 2 is 2.06 bits per heavy atom. The molecule has 2 aromatic rings. The van der Waals surface area contributed by atoms with Gasteiger partial charge in [-0.25, -0.2) is 0 Å². The van der Waals surface area contributed by atoms with Crippen molar-refractivity contribution < 1.29 is 14.8 Å². The highest BCUT2D eigenvalue weighted by atomic mass is 32.1. The van der Waals surface area contributed by atoms with E-state index in [9.17, 15) is 10.2 Å². The normalized spacial score (nSPS) is 10.9. The van der Waals surface area contributed by atoms with Crippen molar-refractivity contribution in [3.05, 3.63) is 39.1 Å². The lowest BCUT2D eigenvalue weighted by molar-refractivity contribution is -0.689. The van der Waals surface area contributed by atoms with Crippen LogP contribution in [0.15, 0.2) is 11.7 Å². The maximum atomic E-state index is 9.90. The zero-order chi connectivity index (χ0) is 13.3. The number of aliphatic hydroxyl groups is 1. The van der Waals surface area contributed by atoms with Gasteiger partial charge in [0.2, 0.25) is 5.51 Å². The van der Waals surface area contributed by atoms with E-state index >= 15 is 0 Å². The molecular formula is C13H17N2O2S+. The van der Waals surface area contributed by atoms with E-state index in [0.29, 0.717) is 17.8 Å². The molecule has 0 atom stereocenters. The molecule has 2 heterocycles. The summed E-state index contributed by atoms with van der Waals surface area (Å²) in [6, 6.07) is 0. The van der Waals surface area contributed by atoms with E-state index in [2.05, 4.69) is 23.4 Å². The third-order valence-corrected chi connectivity index (χ3v) is 4.23. The molecule has 2 rings (SSSR count). The summed E-state index contributed by atoms with van der Waals surface area (Å²) in [5.74, 6) is 0.0974. The number of aliphatic hydroxyl groups excluding tert-OH is 1. The van der Waals surface area contributed by atoms with E-state index < -0.39 is 0 Å². The Labute approximate surface area is 110 Å². The summed E-state index contributed by atoms with van der Waals surface area (Å²) < 4.78 is 2.10. The van der Waals surface area contributed by atoms with Gasteiger partial charge in [0.05, 0.1) is 17.2 Å². The number of nitrogens with zero attached hydrogens (tertiary/aromatic N) is 2. The molecule has 5 heteroatoms. The molecule has 0 fully saturated rings. The van der Waals surface area contributed by atoms with Crippen molar-refractivity contribution in [1.82, 2.24) is 4.98 Å². The minimum atomic E-state index is -0.173. The van der Waals surface area contributed by atoms with Crippen molar-refractivity contribution in [2.45, 2.75) is 33.9 Å². The van der Waals surface area contributed by atoms with Crippen LogP contribution in [0.3, 0.4) is 0 Å². The van der Waals surface area contributed by atoms with Crippen LogP contribution in [0, 0.1) is 20.8 Å². The van der Waals surface area contributed by atoms with E-state index in [1.54, 1.807) is 24.5 Å². The lowest BCUT2D eigenvalue weighted by atomic mass is 10.1. The van der Waals surface area contributed by atoms with Gasteiger partial charge >= 0.3 is 0 Å². The molecule has 0 aliphatic heterocycles. The number of hydrogen-bond donors (Lipinski definition) is 2. The van der Waals surface area contributed by atoms with Crippen LogP contribution in [0.25, 0.3) is 0 Å². The number of hydrogen-bond acceptors (Lipinski definition) is 4. The summed E-state index contributed by atoms with van der Waals surface area (Å²) in [6.07, 6.45) is 1.72. The standard InChI is InChI=1S/C13H16N2O2S/c1-8-13(17)12(6-16)11(4-14-8)5-15-7-18-10(3)9(15)2/h4,7,16H,5-6H2,1-3H3/p+1. The van der Waals surface area contributed by atoms with Gasteiger partial charge in [-0.2, -0.15) is 4.57 Å². The number of aromatic nitrogens is 2. The highest BCUT2D eigenvalue weighted by Crippen LogP contribution is 2.23. The van der Waals surface area contributed by atoms with Crippen molar-refractivity contribution in [2.75, 3.05) is 0 Å². The van der Waals surface area contributed by atoms with E-state index in [1.807, 2.05) is 5.51 Å². The lowest BCUT2D eigenvalue weighted by Crippen LogP contribution is -2.35. The Kier molecular flexibility index (Phi) is 3.63. The van der Waals surface area contributed by atoms with Crippen LogP contribution < -0.4 is 4.57 Å². The topological polar surface area (TPSA) is 57.2 Å². The highest BCUT2D eigenvalue weighted by molar-refractivity contribution is 7.09. The van der Waals surface area contributed by atoms with Gasteiger partial charge in [0.15, 0.2) is 12.2 Å². The predicted molar refractivity (Wildman–Crippen MR) is 69.7 cm³/mol. The molecule has 0 bridgehead atoms. The van der Waals surface area contributed by atoms with E-state index in [4.69, 9.17) is 0 Å². The Bertz CT molecular complexity index is 579. The van der Waals surface area contributed by atoms with Crippen LogP contribution in [0.2, 0.25) is 0 Å². The third kappa shape index (κ3) is 2.23. The fourth-order valence-electron chi connectivity index (χ4n) is 1.85. The molecular weight excluding hydrogens is 248 g/mol. The Hall–Kier alpha value is -1.46. The number of pyridine rings is 1. The maximum Gasteiger partial charge on any atom is 0.225 e. The molecule has 0 aliphatic rings. The van der Waals surface area contributed by atoms with Gasteiger partial charge in [0, 0.05) is 24.2 Å². The summed E-state index contributed by atoms with van der Waals surface area (Å²) in [5.41, 5.74) is 5.21. The van der Waals surface area contributed by atoms with Gasteiger partial charge < -0.3 is 10.2 Å². The monoisotopic (exact) mass is 265 g/mol. The second-order valence-corrected chi connectivity index (χ2v) is 5.41. The van der Waals surface area contributed by atoms with Gasteiger partial charge in [-0.15, -0.1) is 0 Å². The fourth-order valence-corrected chi connectivity index (χ4v) is 2.65. The first-order chi connectivity index (χ1) is 8.54. The number of rotatable bonds is 3. The second kappa shape index (κ2) is 5.04. The van der Waals surface area contributed by atoms with Crippen molar-refractivity contribution >= 4 is 11.3 Å². The van der Waals surface area contributed by atoms with Crippen LogP contribution in [0.1, 0.15) is 27.4 Å². The molecule has 2 N–H and O–H groups in total. The van der Waals surface area contributed by atoms with Gasteiger partial charge in [-0.1, -0.05) is 11.3 Å².